The van der Waals surface area contributed by atoms with Crippen molar-refractivity contribution in [3.05, 3.63) is 29.8 Å². The van der Waals surface area contributed by atoms with Gasteiger partial charge >= 0.3 is 5.97 Å². The predicted octanol–water partition coefficient (Wildman–Crippen LogP) is 1.32. The first-order valence-electron chi connectivity index (χ1n) is 5.77. The topological polar surface area (TPSA) is 87.0 Å². The highest BCUT2D eigenvalue weighted by Gasteiger charge is 2.10. The predicted molar refractivity (Wildman–Crippen MR) is 67.4 cm³/mol. The van der Waals surface area contributed by atoms with Crippen molar-refractivity contribution in [3.63, 3.8) is 0 Å². The molecule has 0 fully saturated rings. The summed E-state index contributed by atoms with van der Waals surface area (Å²) in [4.78, 5) is 11.2. The number of phenols is 1. The number of carbonyl (C=O) groups excluding carboxylic acids is 1. The minimum absolute atomic E-state index is 0.0383. The second-order valence-corrected chi connectivity index (χ2v) is 3.68. The molecule has 0 bridgehead atoms. The summed E-state index contributed by atoms with van der Waals surface area (Å²) in [5, 5.41) is 25.3. The number of aliphatic hydroxyl groups excluding tert-OH is 2. The largest absolute Gasteiger partial charge is 0.507 e. The van der Waals surface area contributed by atoms with Crippen LogP contribution in [0.4, 0.5) is 0 Å². The Bertz CT molecular complexity index is 349. The monoisotopic (exact) mass is 256 g/mol. The molecule has 1 rings (SSSR count). The smallest absolute Gasteiger partial charge is 0.341 e. The molecular weight excluding hydrogens is 236 g/mol. The van der Waals surface area contributed by atoms with E-state index in [0.29, 0.717) is 6.61 Å². The summed E-state index contributed by atoms with van der Waals surface area (Å²) in [6.07, 6.45) is 0.217. The van der Waals surface area contributed by atoms with E-state index >= 15 is 0 Å². The molecule has 5 heteroatoms. The summed E-state index contributed by atoms with van der Waals surface area (Å²) < 4.78 is 4.86. The van der Waals surface area contributed by atoms with Gasteiger partial charge in [0.15, 0.2) is 0 Å². The fourth-order valence-electron chi connectivity index (χ4n) is 0.919. The fourth-order valence-corrected chi connectivity index (χ4v) is 0.919. The van der Waals surface area contributed by atoms with Gasteiger partial charge in [0.05, 0.1) is 19.3 Å². The first-order valence-corrected chi connectivity index (χ1v) is 5.77. The van der Waals surface area contributed by atoms with Crippen molar-refractivity contribution in [2.24, 2.45) is 0 Å². The lowest BCUT2D eigenvalue weighted by Gasteiger charge is -2.03. The van der Waals surface area contributed by atoms with Crippen LogP contribution in [0.1, 0.15) is 30.6 Å². The van der Waals surface area contributed by atoms with Gasteiger partial charge in [0.2, 0.25) is 0 Å². The molecule has 18 heavy (non-hydrogen) atoms. The lowest BCUT2D eigenvalue weighted by atomic mass is 10.2. The molecule has 102 valence electrons. The van der Waals surface area contributed by atoms with Crippen LogP contribution in [0.25, 0.3) is 0 Å². The van der Waals surface area contributed by atoms with Gasteiger partial charge < -0.3 is 20.1 Å². The van der Waals surface area contributed by atoms with Gasteiger partial charge in [-0.2, -0.15) is 0 Å². The number of benzene rings is 1. The van der Waals surface area contributed by atoms with Crippen LogP contribution >= 0.6 is 0 Å². The van der Waals surface area contributed by atoms with Crippen LogP contribution < -0.4 is 0 Å². The number of ether oxygens (including phenoxy) is 1. The van der Waals surface area contributed by atoms with Crippen molar-refractivity contribution in [1.82, 2.24) is 0 Å². The second-order valence-electron chi connectivity index (χ2n) is 3.68. The SMILES string of the molecule is CC(O)CO.CCCOC(=O)c1ccccc1O. The van der Waals surface area contributed by atoms with Crippen molar-refractivity contribution in [1.29, 1.82) is 0 Å². The summed E-state index contributed by atoms with van der Waals surface area (Å²) in [5.74, 6) is -0.511. The third kappa shape index (κ3) is 6.88. The molecule has 1 unspecified atom stereocenters. The standard InChI is InChI=1S/C10H12O3.C3H8O2/c1-2-7-13-10(12)8-5-3-4-6-9(8)11;1-3(5)2-4/h3-6,11H,2,7H2,1H3;3-5H,2H2,1H3. The second kappa shape index (κ2) is 9.44. The number of hydrogen-bond acceptors (Lipinski definition) is 5. The molecule has 0 aliphatic heterocycles. The van der Waals surface area contributed by atoms with Crippen LogP contribution in [0.5, 0.6) is 5.75 Å². The molecule has 1 aromatic rings. The highest BCUT2D eigenvalue weighted by Crippen LogP contribution is 2.16. The van der Waals surface area contributed by atoms with Gasteiger partial charge in [0, 0.05) is 0 Å². The minimum atomic E-state index is -0.560. The fraction of sp³-hybridized carbons (Fsp3) is 0.462. The third-order valence-corrected chi connectivity index (χ3v) is 1.83. The molecule has 0 heterocycles. The minimum Gasteiger partial charge on any atom is -0.507 e. The van der Waals surface area contributed by atoms with Gasteiger partial charge in [0.25, 0.3) is 0 Å². The summed E-state index contributed by atoms with van der Waals surface area (Å²) in [6, 6.07) is 6.34. The molecule has 3 N–H and O–H groups in total. The Balaban J connectivity index is 0.000000494. The number of esters is 1. The summed E-state index contributed by atoms with van der Waals surface area (Å²) >= 11 is 0. The lowest BCUT2D eigenvalue weighted by molar-refractivity contribution is 0.0502. The zero-order valence-corrected chi connectivity index (χ0v) is 10.7. The Morgan fingerprint density at radius 2 is 1.94 bits per heavy atom. The molecule has 0 aromatic heterocycles. The van der Waals surface area contributed by atoms with Crippen LogP contribution in [0.15, 0.2) is 24.3 Å². The molecule has 0 saturated carbocycles. The maximum absolute atomic E-state index is 11.2. The van der Waals surface area contributed by atoms with E-state index in [2.05, 4.69) is 0 Å². The van der Waals surface area contributed by atoms with Crippen molar-refractivity contribution >= 4 is 5.97 Å². The molecule has 1 atom stereocenters. The Kier molecular flexibility index (Phi) is 8.61. The van der Waals surface area contributed by atoms with Crippen molar-refractivity contribution in [2.75, 3.05) is 13.2 Å². The highest BCUT2D eigenvalue weighted by atomic mass is 16.5. The number of aliphatic hydroxyl groups is 2. The van der Waals surface area contributed by atoms with Crippen LogP contribution in [-0.2, 0) is 4.74 Å². The molecule has 0 aliphatic rings. The van der Waals surface area contributed by atoms with Gasteiger partial charge in [-0.05, 0) is 25.5 Å². The molecule has 1 aromatic carbocycles. The quantitative estimate of drug-likeness (QED) is 0.707. The Hall–Kier alpha value is -1.59. The maximum atomic E-state index is 11.2. The molecule has 0 spiro atoms. The van der Waals surface area contributed by atoms with Crippen LogP contribution in [0.2, 0.25) is 0 Å². The number of para-hydroxylation sites is 1. The first-order chi connectivity index (χ1) is 8.52. The van der Waals surface area contributed by atoms with Gasteiger partial charge in [-0.3, -0.25) is 0 Å². The van der Waals surface area contributed by atoms with E-state index in [0.717, 1.165) is 6.42 Å². The van der Waals surface area contributed by atoms with E-state index < -0.39 is 12.1 Å². The number of rotatable bonds is 4. The highest BCUT2D eigenvalue weighted by molar-refractivity contribution is 5.92. The number of carbonyl (C=O) groups is 1. The Morgan fingerprint density at radius 3 is 2.39 bits per heavy atom. The van der Waals surface area contributed by atoms with Crippen molar-refractivity contribution in [2.45, 2.75) is 26.4 Å². The molecule has 5 nitrogen and oxygen atoms in total. The zero-order valence-electron chi connectivity index (χ0n) is 10.7. The van der Waals surface area contributed by atoms with Crippen LogP contribution in [0.3, 0.4) is 0 Å². The molecule has 0 saturated heterocycles. The van der Waals surface area contributed by atoms with Gasteiger partial charge in [-0.15, -0.1) is 0 Å². The normalized spacial score (nSPS) is 11.1. The van der Waals surface area contributed by atoms with E-state index in [1.807, 2.05) is 6.92 Å². The average Bonchev–Trinajstić information content (AvgIpc) is 2.37. The van der Waals surface area contributed by atoms with Crippen LogP contribution in [-0.4, -0.2) is 40.6 Å². The van der Waals surface area contributed by atoms with Crippen LogP contribution in [0, 0.1) is 0 Å². The molecule has 0 amide bonds. The van der Waals surface area contributed by atoms with Gasteiger partial charge in [-0.25, -0.2) is 4.79 Å². The van der Waals surface area contributed by atoms with Gasteiger partial charge in [0.1, 0.15) is 11.3 Å². The summed E-state index contributed by atoms with van der Waals surface area (Å²) in [6.45, 7) is 3.69. The third-order valence-electron chi connectivity index (χ3n) is 1.83. The number of hydrogen-bond donors (Lipinski definition) is 3. The van der Waals surface area contributed by atoms with Crippen molar-refractivity contribution in [3.8, 4) is 5.75 Å². The maximum Gasteiger partial charge on any atom is 0.341 e. The molecule has 0 aliphatic carbocycles. The molecule has 0 radical (unpaired) electrons. The Morgan fingerprint density at radius 1 is 1.39 bits per heavy atom. The summed E-state index contributed by atoms with van der Waals surface area (Å²) in [5.41, 5.74) is 0.218. The lowest BCUT2D eigenvalue weighted by Crippen LogP contribution is -2.05. The average molecular weight is 256 g/mol. The van der Waals surface area contributed by atoms with Gasteiger partial charge in [-0.1, -0.05) is 19.1 Å². The summed E-state index contributed by atoms with van der Waals surface area (Å²) in [7, 11) is 0. The van der Waals surface area contributed by atoms with E-state index in [-0.39, 0.29) is 17.9 Å². The molecular formula is C13H20O5. The number of aromatic hydroxyl groups is 1. The first kappa shape index (κ1) is 16.4. The van der Waals surface area contributed by atoms with E-state index in [1.54, 1.807) is 12.1 Å². The number of phenolic OH excluding ortho intramolecular Hbond substituents is 1. The van der Waals surface area contributed by atoms with E-state index in [4.69, 9.17) is 14.9 Å². The zero-order chi connectivity index (χ0) is 14.0. The van der Waals surface area contributed by atoms with E-state index in [1.165, 1.54) is 19.1 Å². The Labute approximate surface area is 107 Å². The van der Waals surface area contributed by atoms with Crippen molar-refractivity contribution < 1.29 is 24.9 Å². The van der Waals surface area contributed by atoms with E-state index in [9.17, 15) is 9.90 Å².